The van der Waals surface area contributed by atoms with Gasteiger partial charge in [-0.3, -0.25) is 4.98 Å². The second-order valence-corrected chi connectivity index (χ2v) is 7.29. The Morgan fingerprint density at radius 1 is 1.14 bits per heavy atom. The number of nitrogens with zero attached hydrogens (tertiary/aromatic N) is 3. The standard InChI is InChI=1S/C14H13N3O2S2/c1-21(18,19)17-13-8-3-2-7-12(13)16-14(17)20-10-11-6-4-5-9-15-11/h2-9H,10H2,1H3. The van der Waals surface area contributed by atoms with Crippen LogP contribution in [-0.4, -0.2) is 28.6 Å². The summed E-state index contributed by atoms with van der Waals surface area (Å²) in [6.45, 7) is 0. The van der Waals surface area contributed by atoms with Crippen LogP contribution in [0.5, 0.6) is 0 Å². The van der Waals surface area contributed by atoms with Gasteiger partial charge in [0.2, 0.25) is 10.0 Å². The van der Waals surface area contributed by atoms with E-state index in [1.807, 2.05) is 30.3 Å². The minimum atomic E-state index is -3.41. The summed E-state index contributed by atoms with van der Waals surface area (Å²) in [6.07, 6.45) is 2.90. The van der Waals surface area contributed by atoms with Gasteiger partial charge in [0.1, 0.15) is 0 Å². The van der Waals surface area contributed by atoms with E-state index in [1.54, 1.807) is 18.3 Å². The summed E-state index contributed by atoms with van der Waals surface area (Å²) in [7, 11) is -3.41. The zero-order valence-corrected chi connectivity index (χ0v) is 12.9. The number of imidazole rings is 1. The Morgan fingerprint density at radius 3 is 2.62 bits per heavy atom. The van der Waals surface area contributed by atoms with Gasteiger partial charge in [0.25, 0.3) is 0 Å². The second kappa shape index (κ2) is 5.50. The molecule has 0 aliphatic carbocycles. The van der Waals surface area contributed by atoms with E-state index in [0.29, 0.717) is 21.9 Å². The first-order chi connectivity index (χ1) is 10.1. The summed E-state index contributed by atoms with van der Waals surface area (Å²) in [4.78, 5) is 8.65. The van der Waals surface area contributed by atoms with Crippen LogP contribution < -0.4 is 0 Å². The summed E-state index contributed by atoms with van der Waals surface area (Å²) in [5.41, 5.74) is 2.16. The van der Waals surface area contributed by atoms with Crippen molar-refractivity contribution in [1.29, 1.82) is 0 Å². The molecule has 3 rings (SSSR count). The van der Waals surface area contributed by atoms with E-state index in [2.05, 4.69) is 9.97 Å². The number of pyridine rings is 1. The van der Waals surface area contributed by atoms with E-state index < -0.39 is 10.0 Å². The Labute approximate surface area is 127 Å². The van der Waals surface area contributed by atoms with Crippen LogP contribution in [0.3, 0.4) is 0 Å². The molecule has 0 N–H and O–H groups in total. The van der Waals surface area contributed by atoms with Crippen molar-refractivity contribution in [1.82, 2.24) is 13.9 Å². The van der Waals surface area contributed by atoms with Gasteiger partial charge >= 0.3 is 0 Å². The summed E-state index contributed by atoms with van der Waals surface area (Å²) in [6, 6.07) is 12.9. The van der Waals surface area contributed by atoms with E-state index in [-0.39, 0.29) is 0 Å². The maximum Gasteiger partial charge on any atom is 0.238 e. The summed E-state index contributed by atoms with van der Waals surface area (Å²) >= 11 is 1.36. The number of thioether (sulfide) groups is 1. The molecule has 0 saturated carbocycles. The molecule has 2 aromatic heterocycles. The molecule has 21 heavy (non-hydrogen) atoms. The maximum atomic E-state index is 12.0. The van der Waals surface area contributed by atoms with Crippen LogP contribution in [-0.2, 0) is 15.8 Å². The third-order valence-corrected chi connectivity index (χ3v) is 5.02. The zero-order valence-electron chi connectivity index (χ0n) is 11.3. The fraction of sp³-hybridized carbons (Fsp3) is 0.143. The second-order valence-electron chi connectivity index (χ2n) is 4.52. The summed E-state index contributed by atoms with van der Waals surface area (Å²) in [5, 5.41) is 0.462. The molecule has 108 valence electrons. The smallest absolute Gasteiger partial charge is 0.238 e. The number of rotatable bonds is 4. The molecule has 2 heterocycles. The van der Waals surface area contributed by atoms with Gasteiger partial charge in [-0.25, -0.2) is 17.4 Å². The molecule has 0 aliphatic heterocycles. The largest absolute Gasteiger partial charge is 0.260 e. The van der Waals surface area contributed by atoms with Crippen LogP contribution in [0, 0.1) is 0 Å². The van der Waals surface area contributed by atoms with Crippen molar-refractivity contribution >= 4 is 32.8 Å². The monoisotopic (exact) mass is 319 g/mol. The fourth-order valence-corrected chi connectivity index (χ4v) is 4.24. The molecule has 0 amide bonds. The van der Waals surface area contributed by atoms with E-state index in [9.17, 15) is 8.42 Å². The lowest BCUT2D eigenvalue weighted by Gasteiger charge is -2.05. The van der Waals surface area contributed by atoms with Crippen molar-refractivity contribution < 1.29 is 8.42 Å². The Kier molecular flexibility index (Phi) is 3.69. The van der Waals surface area contributed by atoms with Crippen molar-refractivity contribution in [2.45, 2.75) is 10.9 Å². The van der Waals surface area contributed by atoms with Gasteiger partial charge in [0.05, 0.1) is 23.0 Å². The molecule has 0 fully saturated rings. The van der Waals surface area contributed by atoms with Crippen molar-refractivity contribution in [3.63, 3.8) is 0 Å². The van der Waals surface area contributed by atoms with E-state index in [4.69, 9.17) is 0 Å². The molecule has 0 atom stereocenters. The van der Waals surface area contributed by atoms with Gasteiger partial charge in [-0.1, -0.05) is 30.0 Å². The van der Waals surface area contributed by atoms with Crippen LogP contribution >= 0.6 is 11.8 Å². The van der Waals surface area contributed by atoms with Crippen LogP contribution in [0.1, 0.15) is 5.69 Å². The topological polar surface area (TPSA) is 64.8 Å². The van der Waals surface area contributed by atoms with Crippen molar-refractivity contribution in [2.75, 3.05) is 6.26 Å². The highest BCUT2D eigenvalue weighted by molar-refractivity contribution is 7.99. The van der Waals surface area contributed by atoms with Gasteiger partial charge in [-0.05, 0) is 24.3 Å². The normalized spacial score (nSPS) is 11.9. The highest BCUT2D eigenvalue weighted by Crippen LogP contribution is 2.27. The molecular formula is C14H13N3O2S2. The minimum absolute atomic E-state index is 0.462. The van der Waals surface area contributed by atoms with Gasteiger partial charge in [-0.2, -0.15) is 0 Å². The predicted molar refractivity (Wildman–Crippen MR) is 83.8 cm³/mol. The average molecular weight is 319 g/mol. The van der Waals surface area contributed by atoms with Crippen LogP contribution in [0.4, 0.5) is 0 Å². The highest BCUT2D eigenvalue weighted by Gasteiger charge is 2.18. The molecule has 1 aromatic carbocycles. The number of fused-ring (bicyclic) bond motifs is 1. The van der Waals surface area contributed by atoms with E-state index >= 15 is 0 Å². The number of para-hydroxylation sites is 2. The van der Waals surface area contributed by atoms with Gasteiger partial charge in [0, 0.05) is 11.9 Å². The lowest BCUT2D eigenvalue weighted by atomic mass is 10.3. The quantitative estimate of drug-likeness (QED) is 0.691. The first-order valence-corrected chi connectivity index (χ1v) is 9.10. The Bertz CT molecular complexity index is 874. The van der Waals surface area contributed by atoms with E-state index in [1.165, 1.54) is 22.0 Å². The first-order valence-electron chi connectivity index (χ1n) is 6.26. The molecule has 3 aromatic rings. The van der Waals surface area contributed by atoms with Crippen molar-refractivity contribution in [3.8, 4) is 0 Å². The molecule has 0 spiro atoms. The number of benzene rings is 1. The van der Waals surface area contributed by atoms with Crippen molar-refractivity contribution in [2.24, 2.45) is 0 Å². The van der Waals surface area contributed by atoms with Crippen LogP contribution in [0.25, 0.3) is 11.0 Å². The summed E-state index contributed by atoms with van der Waals surface area (Å²) in [5.74, 6) is 0.569. The molecule has 7 heteroatoms. The van der Waals surface area contributed by atoms with Gasteiger partial charge < -0.3 is 0 Å². The third-order valence-electron chi connectivity index (χ3n) is 2.90. The minimum Gasteiger partial charge on any atom is -0.260 e. The fourth-order valence-electron chi connectivity index (χ4n) is 2.02. The molecule has 0 unspecified atom stereocenters. The first kappa shape index (κ1) is 14.1. The lowest BCUT2D eigenvalue weighted by Crippen LogP contribution is -2.11. The van der Waals surface area contributed by atoms with E-state index in [0.717, 1.165) is 5.69 Å². The Balaban J connectivity index is 2.02. The lowest BCUT2D eigenvalue weighted by molar-refractivity contribution is 0.590. The molecule has 0 aliphatic rings. The number of hydrogen-bond acceptors (Lipinski definition) is 5. The number of hydrogen-bond donors (Lipinski definition) is 0. The Morgan fingerprint density at radius 2 is 1.90 bits per heavy atom. The van der Waals surface area contributed by atoms with Gasteiger partial charge in [0.15, 0.2) is 5.16 Å². The molecule has 0 radical (unpaired) electrons. The number of aromatic nitrogens is 3. The third kappa shape index (κ3) is 2.93. The van der Waals surface area contributed by atoms with Crippen molar-refractivity contribution in [3.05, 3.63) is 54.4 Å². The highest BCUT2D eigenvalue weighted by atomic mass is 32.2. The average Bonchev–Trinajstić information content (AvgIpc) is 2.84. The predicted octanol–water partition coefficient (Wildman–Crippen LogP) is 2.53. The SMILES string of the molecule is CS(=O)(=O)n1c(SCc2ccccn2)nc2ccccc21. The Hall–Kier alpha value is -1.86. The molecule has 0 bridgehead atoms. The molecule has 0 saturated heterocycles. The maximum absolute atomic E-state index is 12.0. The van der Waals surface area contributed by atoms with Crippen LogP contribution in [0.2, 0.25) is 0 Å². The zero-order chi connectivity index (χ0) is 14.9. The summed E-state index contributed by atoms with van der Waals surface area (Å²) < 4.78 is 25.4. The van der Waals surface area contributed by atoms with Gasteiger partial charge in [-0.15, -0.1) is 0 Å². The molecular weight excluding hydrogens is 306 g/mol. The van der Waals surface area contributed by atoms with Crippen LogP contribution in [0.15, 0.2) is 53.8 Å². The molecule has 5 nitrogen and oxygen atoms in total.